The van der Waals surface area contributed by atoms with Crippen LogP contribution in [-0.4, -0.2) is 24.5 Å². The van der Waals surface area contributed by atoms with Gasteiger partial charge in [-0.15, -0.1) is 0 Å². The highest BCUT2D eigenvalue weighted by molar-refractivity contribution is 5.81. The Kier molecular flexibility index (Phi) is 9.11. The zero-order valence-corrected chi connectivity index (χ0v) is 10.8. The minimum absolute atomic E-state index is 0.219. The second-order valence-corrected chi connectivity index (χ2v) is 3.94. The number of esters is 1. The van der Waals surface area contributed by atoms with E-state index in [1.807, 2.05) is 6.92 Å². The van der Waals surface area contributed by atoms with E-state index < -0.39 is 0 Å². The number of carbonyl (C=O) groups excluding carboxylic acids is 2. The number of nitrogens with one attached hydrogen (secondary N) is 1. The van der Waals surface area contributed by atoms with E-state index in [9.17, 15) is 9.59 Å². The van der Waals surface area contributed by atoms with Crippen LogP contribution in [0.2, 0.25) is 0 Å². The third-order valence-corrected chi connectivity index (χ3v) is 2.49. The van der Waals surface area contributed by atoms with E-state index in [0.29, 0.717) is 12.6 Å². The fraction of sp³-hybridized carbons (Fsp3) is 0.692. The maximum Gasteiger partial charge on any atom is 0.330 e. The van der Waals surface area contributed by atoms with Crippen molar-refractivity contribution in [1.29, 1.82) is 0 Å². The van der Waals surface area contributed by atoms with Gasteiger partial charge in [-0.2, -0.15) is 0 Å². The van der Waals surface area contributed by atoms with E-state index in [1.165, 1.54) is 6.08 Å². The molecule has 0 spiro atoms. The summed E-state index contributed by atoms with van der Waals surface area (Å²) in [5, 5.41) is 2.86. The van der Waals surface area contributed by atoms with Gasteiger partial charge in [-0.3, -0.25) is 4.79 Å². The van der Waals surface area contributed by atoms with Crippen LogP contribution in [0.25, 0.3) is 0 Å². The normalized spacial score (nSPS) is 17.8. The number of hydrogen-bond acceptors (Lipinski definition) is 3. The Labute approximate surface area is 103 Å². The molecule has 1 saturated heterocycles. The van der Waals surface area contributed by atoms with Gasteiger partial charge in [0.15, 0.2) is 0 Å². The summed E-state index contributed by atoms with van der Waals surface area (Å²) in [6.07, 6.45) is 6.00. The topological polar surface area (TPSA) is 55.4 Å². The largest absolute Gasteiger partial charge is 0.463 e. The van der Waals surface area contributed by atoms with E-state index >= 15 is 0 Å². The summed E-state index contributed by atoms with van der Waals surface area (Å²) in [7, 11) is 0. The van der Waals surface area contributed by atoms with Gasteiger partial charge in [0.05, 0.1) is 6.61 Å². The van der Waals surface area contributed by atoms with Crippen molar-refractivity contribution >= 4 is 11.9 Å². The first-order valence-electron chi connectivity index (χ1n) is 6.22. The molecule has 4 heteroatoms. The molecule has 17 heavy (non-hydrogen) atoms. The minimum atomic E-state index is -0.330. The smallest absolute Gasteiger partial charge is 0.330 e. The number of rotatable bonds is 5. The van der Waals surface area contributed by atoms with Gasteiger partial charge in [0.1, 0.15) is 0 Å². The Hall–Kier alpha value is -1.32. The van der Waals surface area contributed by atoms with Crippen molar-refractivity contribution in [3.8, 4) is 0 Å². The average molecular weight is 241 g/mol. The number of unbranched alkanes of at least 4 members (excludes halogenated alkanes) is 1. The van der Waals surface area contributed by atoms with Crippen molar-refractivity contribution in [3.05, 3.63) is 12.7 Å². The van der Waals surface area contributed by atoms with E-state index in [4.69, 9.17) is 0 Å². The highest BCUT2D eigenvalue weighted by atomic mass is 16.5. The van der Waals surface area contributed by atoms with Gasteiger partial charge in [0, 0.05) is 18.5 Å². The second kappa shape index (κ2) is 9.87. The molecular weight excluding hydrogens is 218 g/mol. The SMILES string of the molecule is C=CC(=O)OCCCC.CCC1CCC(=O)N1. The summed E-state index contributed by atoms with van der Waals surface area (Å²) in [5.41, 5.74) is 0. The molecule has 1 atom stereocenters. The molecular formula is C13H23NO3. The molecule has 1 fully saturated rings. The molecule has 1 rings (SSSR count). The maximum absolute atomic E-state index is 10.5. The Balaban J connectivity index is 0.000000302. The van der Waals surface area contributed by atoms with Crippen molar-refractivity contribution < 1.29 is 14.3 Å². The fourth-order valence-electron chi connectivity index (χ4n) is 1.36. The van der Waals surface area contributed by atoms with E-state index in [1.54, 1.807) is 0 Å². The molecule has 1 unspecified atom stereocenters. The molecule has 1 heterocycles. The van der Waals surface area contributed by atoms with Crippen LogP contribution < -0.4 is 5.32 Å². The molecule has 1 amide bonds. The van der Waals surface area contributed by atoms with Gasteiger partial charge >= 0.3 is 5.97 Å². The van der Waals surface area contributed by atoms with Crippen molar-refractivity contribution in [1.82, 2.24) is 5.32 Å². The lowest BCUT2D eigenvalue weighted by Crippen LogP contribution is -2.23. The zero-order valence-electron chi connectivity index (χ0n) is 10.8. The lowest BCUT2D eigenvalue weighted by atomic mass is 10.2. The highest BCUT2D eigenvalue weighted by Crippen LogP contribution is 2.08. The summed E-state index contributed by atoms with van der Waals surface area (Å²) in [6, 6.07) is 0.475. The van der Waals surface area contributed by atoms with E-state index in [2.05, 4.69) is 23.6 Å². The molecule has 0 aromatic rings. The van der Waals surface area contributed by atoms with E-state index in [-0.39, 0.29) is 11.9 Å². The molecule has 4 nitrogen and oxygen atoms in total. The van der Waals surface area contributed by atoms with Gasteiger partial charge in [0.2, 0.25) is 5.91 Å². The highest BCUT2D eigenvalue weighted by Gasteiger charge is 2.17. The van der Waals surface area contributed by atoms with Gasteiger partial charge in [-0.05, 0) is 19.3 Å². The maximum atomic E-state index is 10.5. The summed E-state index contributed by atoms with van der Waals surface area (Å²) in [5.74, 6) is -0.111. The van der Waals surface area contributed by atoms with Crippen molar-refractivity contribution in [2.24, 2.45) is 0 Å². The standard InChI is InChI=1S/C7H12O2.C6H11NO/c1-3-5-6-9-7(8)4-2;1-2-5-3-4-6(8)7-5/h4H,2-3,5-6H2,1H3;5H,2-4H2,1H3,(H,7,8). The predicted octanol–water partition coefficient (Wildman–Crippen LogP) is 2.19. The van der Waals surface area contributed by atoms with Gasteiger partial charge in [-0.25, -0.2) is 4.79 Å². The molecule has 0 aliphatic carbocycles. The van der Waals surface area contributed by atoms with Crippen LogP contribution in [0.3, 0.4) is 0 Å². The first kappa shape index (κ1) is 15.7. The number of carbonyl (C=O) groups is 2. The fourth-order valence-corrected chi connectivity index (χ4v) is 1.36. The summed E-state index contributed by atoms with van der Waals surface area (Å²) < 4.78 is 4.67. The van der Waals surface area contributed by atoms with Gasteiger partial charge < -0.3 is 10.1 Å². The summed E-state index contributed by atoms with van der Waals surface area (Å²) >= 11 is 0. The quantitative estimate of drug-likeness (QED) is 0.456. The lowest BCUT2D eigenvalue weighted by molar-refractivity contribution is -0.137. The van der Waals surface area contributed by atoms with Gasteiger partial charge in [-0.1, -0.05) is 26.8 Å². The monoisotopic (exact) mass is 241 g/mol. The first-order valence-corrected chi connectivity index (χ1v) is 6.22. The molecule has 1 aliphatic rings. The van der Waals surface area contributed by atoms with E-state index in [0.717, 1.165) is 32.1 Å². The first-order chi connectivity index (χ1) is 8.13. The van der Waals surface area contributed by atoms with Crippen LogP contribution in [0.15, 0.2) is 12.7 Å². The number of hydrogen-bond donors (Lipinski definition) is 1. The van der Waals surface area contributed by atoms with Crippen molar-refractivity contribution in [2.45, 2.75) is 52.0 Å². The molecule has 0 saturated carbocycles. The summed E-state index contributed by atoms with van der Waals surface area (Å²) in [6.45, 7) is 7.92. The Bertz CT molecular complexity index is 251. The number of amides is 1. The molecule has 98 valence electrons. The average Bonchev–Trinajstić information content (AvgIpc) is 2.76. The zero-order chi connectivity index (χ0) is 13.1. The molecule has 0 radical (unpaired) electrons. The minimum Gasteiger partial charge on any atom is -0.463 e. The summed E-state index contributed by atoms with van der Waals surface area (Å²) in [4.78, 5) is 20.8. The molecule has 0 aromatic carbocycles. The van der Waals surface area contributed by atoms with Crippen LogP contribution in [0.4, 0.5) is 0 Å². The van der Waals surface area contributed by atoms with Crippen LogP contribution in [0.5, 0.6) is 0 Å². The van der Waals surface area contributed by atoms with Crippen molar-refractivity contribution in [3.63, 3.8) is 0 Å². The van der Waals surface area contributed by atoms with Gasteiger partial charge in [0.25, 0.3) is 0 Å². The third-order valence-electron chi connectivity index (χ3n) is 2.49. The third kappa shape index (κ3) is 8.48. The lowest BCUT2D eigenvalue weighted by Gasteiger charge is -2.02. The van der Waals surface area contributed by atoms with Crippen molar-refractivity contribution in [2.75, 3.05) is 6.61 Å². The molecule has 0 bridgehead atoms. The van der Waals surface area contributed by atoms with Crippen LogP contribution in [0, 0.1) is 0 Å². The Morgan fingerprint density at radius 1 is 1.59 bits per heavy atom. The molecule has 0 aromatic heterocycles. The molecule has 1 N–H and O–H groups in total. The Morgan fingerprint density at radius 2 is 2.29 bits per heavy atom. The van der Waals surface area contributed by atoms with Crippen LogP contribution in [-0.2, 0) is 14.3 Å². The van der Waals surface area contributed by atoms with Crippen LogP contribution >= 0.6 is 0 Å². The van der Waals surface area contributed by atoms with Crippen LogP contribution in [0.1, 0.15) is 46.0 Å². The molecule has 1 aliphatic heterocycles. The second-order valence-electron chi connectivity index (χ2n) is 3.94. The number of ether oxygens (including phenoxy) is 1. The predicted molar refractivity (Wildman–Crippen MR) is 67.5 cm³/mol. The Morgan fingerprint density at radius 3 is 2.65 bits per heavy atom.